The summed E-state index contributed by atoms with van der Waals surface area (Å²) in [6.07, 6.45) is -1.23. The van der Waals surface area contributed by atoms with Crippen molar-refractivity contribution in [2.75, 3.05) is 0 Å². The number of amides is 1. The molecule has 2 aromatic rings. The number of hydrogen-bond acceptors (Lipinski definition) is 5. The van der Waals surface area contributed by atoms with E-state index in [9.17, 15) is 9.59 Å². The van der Waals surface area contributed by atoms with Crippen LogP contribution < -0.4 is 10.1 Å². The number of esters is 1. The van der Waals surface area contributed by atoms with E-state index in [1.165, 1.54) is 0 Å². The molecule has 1 aliphatic heterocycles. The van der Waals surface area contributed by atoms with E-state index in [2.05, 4.69) is 21.2 Å². The molecule has 0 radical (unpaired) electrons. The van der Waals surface area contributed by atoms with Crippen molar-refractivity contribution in [3.63, 3.8) is 0 Å². The van der Waals surface area contributed by atoms with Gasteiger partial charge in [-0.05, 0) is 32.4 Å². The first kappa shape index (κ1) is 21.2. The van der Waals surface area contributed by atoms with Gasteiger partial charge in [-0.3, -0.25) is 0 Å². The summed E-state index contributed by atoms with van der Waals surface area (Å²) in [4.78, 5) is 24.4. The number of rotatable bonds is 5. The molecule has 0 saturated heterocycles. The molecular weight excluding hydrogens is 438 g/mol. The van der Waals surface area contributed by atoms with Crippen molar-refractivity contribution in [3.05, 3.63) is 65.7 Å². The molecule has 0 aromatic heterocycles. The number of hydrogen-bond donors (Lipinski definition) is 1. The topological polar surface area (TPSA) is 73.9 Å². The molecule has 0 saturated carbocycles. The Bertz CT molecular complexity index is 871. The van der Waals surface area contributed by atoms with Crippen LogP contribution in [0.1, 0.15) is 38.0 Å². The van der Waals surface area contributed by atoms with Crippen molar-refractivity contribution in [1.29, 1.82) is 0 Å². The number of alkyl halides is 1. The Kier molecular flexibility index (Phi) is 6.47. The van der Waals surface area contributed by atoms with Crippen LogP contribution in [-0.4, -0.2) is 28.5 Å². The van der Waals surface area contributed by atoms with Crippen molar-refractivity contribution >= 4 is 28.0 Å². The van der Waals surface area contributed by atoms with Crippen molar-refractivity contribution in [3.8, 4) is 5.75 Å². The maximum atomic E-state index is 12.6. The van der Waals surface area contributed by atoms with E-state index >= 15 is 0 Å². The van der Waals surface area contributed by atoms with E-state index in [0.29, 0.717) is 5.75 Å². The van der Waals surface area contributed by atoms with Gasteiger partial charge in [0, 0.05) is 5.56 Å². The van der Waals surface area contributed by atoms with E-state index in [4.69, 9.17) is 14.2 Å². The maximum Gasteiger partial charge on any atom is 0.408 e. The molecule has 3 rings (SSSR count). The minimum atomic E-state index is -0.865. The van der Waals surface area contributed by atoms with Crippen LogP contribution in [0.5, 0.6) is 5.75 Å². The molecule has 1 amide bonds. The summed E-state index contributed by atoms with van der Waals surface area (Å²) in [5, 5.41) is 2.52. The molecule has 0 aliphatic carbocycles. The minimum absolute atomic E-state index is 0.124. The largest absolute Gasteiger partial charge is 0.486 e. The Morgan fingerprint density at radius 3 is 2.52 bits per heavy atom. The lowest BCUT2D eigenvalue weighted by atomic mass is 9.91. The first-order valence-electron chi connectivity index (χ1n) is 9.37. The second-order valence-corrected chi connectivity index (χ2v) is 8.42. The summed E-state index contributed by atoms with van der Waals surface area (Å²) >= 11 is 3.61. The predicted octanol–water partition coefficient (Wildman–Crippen LogP) is 4.52. The fourth-order valence-corrected chi connectivity index (χ4v) is 3.51. The standard InChI is InChI=1S/C22H24BrNO5/c1-14(24-21(26)27-13-15-9-5-4-6-10-15)20(25)28-18-16-11-7-8-12-17(16)29-22(2,3)19(18)23/h4-12,14,18-19H,13H2,1-3H3,(H,24,26)/t14-,18-,19+/m0/s1. The van der Waals surface area contributed by atoms with Crippen molar-refractivity contribution in [2.24, 2.45) is 0 Å². The number of carbonyl (C=O) groups is 2. The smallest absolute Gasteiger partial charge is 0.408 e. The third-order valence-electron chi connectivity index (χ3n) is 4.67. The normalized spacial score (nSPS) is 20.6. The van der Waals surface area contributed by atoms with Gasteiger partial charge in [-0.2, -0.15) is 0 Å². The molecule has 6 nitrogen and oxygen atoms in total. The third-order valence-corrected chi connectivity index (χ3v) is 6.26. The molecule has 0 fully saturated rings. The molecule has 1 aliphatic rings. The highest BCUT2D eigenvalue weighted by molar-refractivity contribution is 9.09. The second kappa shape index (κ2) is 8.86. The molecule has 0 bridgehead atoms. The SMILES string of the molecule is C[C@H](NC(=O)OCc1ccccc1)C(=O)O[C@H]1c2ccccc2OC(C)(C)[C@@H]1Br. The van der Waals surface area contributed by atoms with E-state index < -0.39 is 29.8 Å². The predicted molar refractivity (Wildman–Crippen MR) is 112 cm³/mol. The quantitative estimate of drug-likeness (QED) is 0.523. The van der Waals surface area contributed by atoms with Crippen LogP contribution in [0.4, 0.5) is 4.79 Å². The lowest BCUT2D eigenvalue weighted by Crippen LogP contribution is -2.48. The summed E-state index contributed by atoms with van der Waals surface area (Å²) < 4.78 is 16.9. The number of para-hydroxylation sites is 1. The second-order valence-electron chi connectivity index (χ2n) is 7.43. The summed E-state index contributed by atoms with van der Waals surface area (Å²) in [5.41, 5.74) is 1.06. The molecule has 1 heterocycles. The highest BCUT2D eigenvalue weighted by Gasteiger charge is 2.44. The van der Waals surface area contributed by atoms with Crippen LogP contribution in [0, 0.1) is 0 Å². The van der Waals surface area contributed by atoms with Crippen LogP contribution in [0.2, 0.25) is 0 Å². The summed E-state index contributed by atoms with van der Waals surface area (Å²) in [5.74, 6) is 0.123. The summed E-state index contributed by atoms with van der Waals surface area (Å²) in [6.45, 7) is 5.53. The van der Waals surface area contributed by atoms with Crippen molar-refractivity contribution in [1.82, 2.24) is 5.32 Å². The van der Waals surface area contributed by atoms with Crippen LogP contribution in [-0.2, 0) is 20.9 Å². The summed E-state index contributed by atoms with van der Waals surface area (Å²) in [7, 11) is 0. The van der Waals surface area contributed by atoms with Crippen LogP contribution in [0.15, 0.2) is 54.6 Å². The maximum absolute atomic E-state index is 12.6. The van der Waals surface area contributed by atoms with E-state index in [1.54, 1.807) is 6.92 Å². The van der Waals surface area contributed by atoms with Crippen molar-refractivity contribution < 1.29 is 23.8 Å². The number of alkyl carbamates (subject to hydrolysis) is 1. The zero-order valence-electron chi connectivity index (χ0n) is 16.6. The van der Waals surface area contributed by atoms with Crippen LogP contribution in [0.25, 0.3) is 0 Å². The van der Waals surface area contributed by atoms with Crippen LogP contribution in [0.3, 0.4) is 0 Å². The number of ether oxygens (including phenoxy) is 3. The molecule has 29 heavy (non-hydrogen) atoms. The fourth-order valence-electron chi connectivity index (χ4n) is 3.02. The number of halogens is 1. The van der Waals surface area contributed by atoms with Gasteiger partial charge in [-0.1, -0.05) is 64.5 Å². The first-order valence-corrected chi connectivity index (χ1v) is 10.3. The molecule has 0 spiro atoms. The molecule has 0 unspecified atom stereocenters. The molecular formula is C22H24BrNO5. The number of fused-ring (bicyclic) bond motifs is 1. The third kappa shape index (κ3) is 5.09. The van der Waals surface area contributed by atoms with Gasteiger partial charge < -0.3 is 19.5 Å². The van der Waals surface area contributed by atoms with Gasteiger partial charge in [0.05, 0.1) is 4.83 Å². The zero-order chi connectivity index (χ0) is 21.0. The summed E-state index contributed by atoms with van der Waals surface area (Å²) in [6, 6.07) is 15.9. The molecule has 2 aromatic carbocycles. The minimum Gasteiger partial charge on any atom is -0.486 e. The average molecular weight is 462 g/mol. The highest BCUT2D eigenvalue weighted by atomic mass is 79.9. The Hall–Kier alpha value is -2.54. The Balaban J connectivity index is 1.61. The van der Waals surface area contributed by atoms with Crippen LogP contribution >= 0.6 is 15.9 Å². The number of carbonyl (C=O) groups excluding carboxylic acids is 2. The monoisotopic (exact) mass is 461 g/mol. The Labute approximate surface area is 178 Å². The lowest BCUT2D eigenvalue weighted by Gasteiger charge is -2.41. The van der Waals surface area contributed by atoms with E-state index in [-0.39, 0.29) is 11.4 Å². The number of benzene rings is 2. The fraction of sp³-hybridized carbons (Fsp3) is 0.364. The zero-order valence-corrected chi connectivity index (χ0v) is 18.1. The van der Waals surface area contributed by atoms with E-state index in [1.807, 2.05) is 68.4 Å². The van der Waals surface area contributed by atoms with Gasteiger partial charge in [-0.25, -0.2) is 9.59 Å². The lowest BCUT2D eigenvalue weighted by molar-refractivity contribution is -0.154. The highest BCUT2D eigenvalue weighted by Crippen LogP contribution is 2.45. The van der Waals surface area contributed by atoms with Gasteiger partial charge in [0.2, 0.25) is 0 Å². The number of nitrogens with one attached hydrogen (secondary N) is 1. The van der Waals surface area contributed by atoms with E-state index in [0.717, 1.165) is 11.1 Å². The van der Waals surface area contributed by atoms with Gasteiger partial charge in [0.1, 0.15) is 30.1 Å². The molecule has 7 heteroatoms. The van der Waals surface area contributed by atoms with Gasteiger partial charge in [0.25, 0.3) is 0 Å². The van der Waals surface area contributed by atoms with Gasteiger partial charge >= 0.3 is 12.1 Å². The van der Waals surface area contributed by atoms with Gasteiger partial charge in [-0.15, -0.1) is 0 Å². The molecule has 1 N–H and O–H groups in total. The average Bonchev–Trinajstić information content (AvgIpc) is 2.70. The van der Waals surface area contributed by atoms with Crippen molar-refractivity contribution in [2.45, 2.75) is 50.0 Å². The molecule has 3 atom stereocenters. The molecule has 154 valence electrons. The Morgan fingerprint density at radius 2 is 1.79 bits per heavy atom. The Morgan fingerprint density at radius 1 is 1.14 bits per heavy atom. The first-order chi connectivity index (χ1) is 13.8. The van der Waals surface area contributed by atoms with Gasteiger partial charge in [0.15, 0.2) is 0 Å².